The number of rotatable bonds is 2. The second kappa shape index (κ2) is 4.24. The van der Waals surface area contributed by atoms with Crippen molar-refractivity contribution in [3.8, 4) is 0 Å². The van der Waals surface area contributed by atoms with Crippen LogP contribution in [0.2, 0.25) is 0 Å². The van der Waals surface area contributed by atoms with E-state index in [1.165, 1.54) is 51.4 Å². The molecule has 0 heterocycles. The molecule has 0 radical (unpaired) electrons. The van der Waals surface area contributed by atoms with Crippen molar-refractivity contribution in [3.63, 3.8) is 0 Å². The van der Waals surface area contributed by atoms with Crippen LogP contribution >= 0.6 is 0 Å². The molecule has 3 atom stereocenters. The van der Waals surface area contributed by atoms with Crippen LogP contribution in [0.1, 0.15) is 64.2 Å². The molecule has 0 aromatic heterocycles. The number of hydrogen-bond donors (Lipinski definition) is 2. The highest BCUT2D eigenvalue weighted by Gasteiger charge is 2.59. The van der Waals surface area contributed by atoms with Crippen molar-refractivity contribution in [3.05, 3.63) is 0 Å². The van der Waals surface area contributed by atoms with Gasteiger partial charge in [-0.15, -0.1) is 0 Å². The Labute approximate surface area is 105 Å². The third-order valence-corrected chi connectivity index (χ3v) is 6.20. The molecule has 0 aromatic rings. The molecule has 0 aromatic carbocycles. The van der Waals surface area contributed by atoms with Gasteiger partial charge < -0.3 is 10.8 Å². The minimum atomic E-state index is -0.432. The smallest absolute Gasteiger partial charge is 0.0718 e. The van der Waals surface area contributed by atoms with E-state index in [2.05, 4.69) is 0 Å². The van der Waals surface area contributed by atoms with Crippen LogP contribution in [0.25, 0.3) is 0 Å². The lowest BCUT2D eigenvalue weighted by molar-refractivity contribution is -0.119. The van der Waals surface area contributed by atoms with Gasteiger partial charge in [0, 0.05) is 12.0 Å². The molecule has 3 N–H and O–H groups in total. The first kappa shape index (κ1) is 12.0. The van der Waals surface area contributed by atoms with Crippen molar-refractivity contribution in [2.24, 2.45) is 23.0 Å². The van der Waals surface area contributed by atoms with Crippen molar-refractivity contribution < 1.29 is 5.11 Å². The van der Waals surface area contributed by atoms with E-state index in [0.29, 0.717) is 6.54 Å². The number of hydrogen-bond acceptors (Lipinski definition) is 2. The molecule has 98 valence electrons. The molecule has 3 aliphatic rings. The maximum absolute atomic E-state index is 11.2. The van der Waals surface area contributed by atoms with Crippen LogP contribution < -0.4 is 5.73 Å². The van der Waals surface area contributed by atoms with Gasteiger partial charge in [-0.05, 0) is 43.9 Å². The molecule has 3 rings (SSSR count). The van der Waals surface area contributed by atoms with Gasteiger partial charge in [-0.2, -0.15) is 0 Å². The number of nitrogens with two attached hydrogens (primary N) is 1. The second-order valence-corrected chi connectivity index (χ2v) is 6.89. The molecule has 3 fully saturated rings. The minimum Gasteiger partial charge on any atom is -0.389 e. The Morgan fingerprint density at radius 2 is 1.76 bits per heavy atom. The van der Waals surface area contributed by atoms with Gasteiger partial charge in [-0.3, -0.25) is 0 Å². The van der Waals surface area contributed by atoms with Crippen LogP contribution in [-0.4, -0.2) is 17.3 Å². The molecular weight excluding hydrogens is 210 g/mol. The summed E-state index contributed by atoms with van der Waals surface area (Å²) < 4.78 is 0. The Morgan fingerprint density at radius 1 is 1.06 bits per heavy atom. The van der Waals surface area contributed by atoms with E-state index < -0.39 is 5.60 Å². The Hall–Kier alpha value is -0.0800. The summed E-state index contributed by atoms with van der Waals surface area (Å²) in [5.41, 5.74) is 5.81. The van der Waals surface area contributed by atoms with Crippen LogP contribution in [0, 0.1) is 17.3 Å². The van der Waals surface area contributed by atoms with Gasteiger partial charge in [0.1, 0.15) is 0 Å². The van der Waals surface area contributed by atoms with Gasteiger partial charge >= 0.3 is 0 Å². The summed E-state index contributed by atoms with van der Waals surface area (Å²) in [6.45, 7) is 0.713. The van der Waals surface area contributed by atoms with Crippen LogP contribution in [0.3, 0.4) is 0 Å². The van der Waals surface area contributed by atoms with Gasteiger partial charge in [0.25, 0.3) is 0 Å². The van der Waals surface area contributed by atoms with Crippen LogP contribution in [-0.2, 0) is 0 Å². The minimum absolute atomic E-state index is 0.0836. The summed E-state index contributed by atoms with van der Waals surface area (Å²) >= 11 is 0. The lowest BCUT2D eigenvalue weighted by Crippen LogP contribution is -2.55. The predicted octanol–water partition coefficient (Wildman–Crippen LogP) is 2.84. The van der Waals surface area contributed by atoms with Crippen molar-refractivity contribution in [1.29, 1.82) is 0 Å². The largest absolute Gasteiger partial charge is 0.389 e. The Morgan fingerprint density at radius 3 is 2.24 bits per heavy atom. The summed E-state index contributed by atoms with van der Waals surface area (Å²) in [4.78, 5) is 0. The topological polar surface area (TPSA) is 46.2 Å². The fraction of sp³-hybridized carbons (Fsp3) is 1.00. The zero-order valence-corrected chi connectivity index (χ0v) is 11.0. The SMILES string of the molecule is NCC1(C2(O)CCCCCC2)CC2CCC1C2. The van der Waals surface area contributed by atoms with E-state index in [1.54, 1.807) is 0 Å². The van der Waals surface area contributed by atoms with E-state index in [1.807, 2.05) is 0 Å². The zero-order chi connectivity index (χ0) is 11.9. The third kappa shape index (κ3) is 1.67. The van der Waals surface area contributed by atoms with Crippen LogP contribution in [0.15, 0.2) is 0 Å². The summed E-state index contributed by atoms with van der Waals surface area (Å²) in [5, 5.41) is 11.2. The molecular formula is C15H27NO. The lowest BCUT2D eigenvalue weighted by Gasteiger charge is -2.50. The molecule has 2 bridgehead atoms. The summed E-state index contributed by atoms with van der Waals surface area (Å²) in [7, 11) is 0. The molecule has 3 unspecified atom stereocenters. The predicted molar refractivity (Wildman–Crippen MR) is 69.6 cm³/mol. The Balaban J connectivity index is 1.88. The maximum atomic E-state index is 11.2. The number of fused-ring (bicyclic) bond motifs is 2. The van der Waals surface area contributed by atoms with Crippen LogP contribution in [0.5, 0.6) is 0 Å². The van der Waals surface area contributed by atoms with E-state index in [-0.39, 0.29) is 5.41 Å². The molecule has 3 aliphatic carbocycles. The maximum Gasteiger partial charge on any atom is 0.0718 e. The van der Waals surface area contributed by atoms with Crippen molar-refractivity contribution >= 4 is 0 Å². The Bertz CT molecular complexity index is 283. The molecule has 2 heteroatoms. The van der Waals surface area contributed by atoms with Crippen molar-refractivity contribution in [2.45, 2.75) is 69.8 Å². The van der Waals surface area contributed by atoms with E-state index in [0.717, 1.165) is 24.7 Å². The van der Waals surface area contributed by atoms with E-state index in [9.17, 15) is 5.11 Å². The highest BCUT2D eigenvalue weighted by atomic mass is 16.3. The lowest BCUT2D eigenvalue weighted by atomic mass is 9.60. The normalized spacial score (nSPS) is 44.8. The molecule has 3 saturated carbocycles. The first-order chi connectivity index (χ1) is 8.20. The van der Waals surface area contributed by atoms with Gasteiger partial charge in [0.05, 0.1) is 5.60 Å². The average Bonchev–Trinajstić information content (AvgIpc) is 2.87. The first-order valence-electron chi connectivity index (χ1n) is 7.63. The molecule has 0 saturated heterocycles. The van der Waals surface area contributed by atoms with E-state index in [4.69, 9.17) is 5.73 Å². The molecule has 0 aliphatic heterocycles. The number of aliphatic hydroxyl groups is 1. The van der Waals surface area contributed by atoms with E-state index >= 15 is 0 Å². The molecule has 0 spiro atoms. The van der Waals surface area contributed by atoms with Gasteiger partial charge in [0.15, 0.2) is 0 Å². The Kier molecular flexibility index (Phi) is 2.99. The summed E-state index contributed by atoms with van der Waals surface area (Å²) in [5.74, 6) is 1.59. The van der Waals surface area contributed by atoms with Gasteiger partial charge in [0.2, 0.25) is 0 Å². The standard InChI is InChI=1S/C15H27NO/c16-11-14(10-12-5-6-13(14)9-12)15(17)7-3-1-2-4-8-15/h12-13,17H,1-11,16H2. The monoisotopic (exact) mass is 237 g/mol. The van der Waals surface area contributed by atoms with Crippen molar-refractivity contribution in [1.82, 2.24) is 0 Å². The highest BCUT2D eigenvalue weighted by Crippen LogP contribution is 2.62. The molecule has 17 heavy (non-hydrogen) atoms. The van der Waals surface area contributed by atoms with Crippen LogP contribution in [0.4, 0.5) is 0 Å². The second-order valence-electron chi connectivity index (χ2n) is 6.89. The van der Waals surface area contributed by atoms with Gasteiger partial charge in [-0.25, -0.2) is 0 Å². The summed E-state index contributed by atoms with van der Waals surface area (Å²) in [6, 6.07) is 0. The summed E-state index contributed by atoms with van der Waals surface area (Å²) in [6.07, 6.45) is 12.3. The zero-order valence-electron chi connectivity index (χ0n) is 11.0. The first-order valence-corrected chi connectivity index (χ1v) is 7.63. The van der Waals surface area contributed by atoms with Gasteiger partial charge in [-0.1, -0.05) is 32.1 Å². The van der Waals surface area contributed by atoms with Crippen molar-refractivity contribution in [2.75, 3.05) is 6.54 Å². The fourth-order valence-corrected chi connectivity index (χ4v) is 5.27. The molecule has 0 amide bonds. The quantitative estimate of drug-likeness (QED) is 0.725. The third-order valence-electron chi connectivity index (χ3n) is 6.20. The average molecular weight is 237 g/mol. The molecule has 2 nitrogen and oxygen atoms in total. The fourth-order valence-electron chi connectivity index (χ4n) is 5.27. The highest BCUT2D eigenvalue weighted by molar-refractivity contribution is 5.11.